The lowest BCUT2D eigenvalue weighted by molar-refractivity contribution is 0.400. The molecule has 0 aliphatic heterocycles. The number of aryl methyl sites for hydroxylation is 1. The Kier molecular flexibility index (Phi) is 4.74. The van der Waals surface area contributed by atoms with Gasteiger partial charge in [-0.3, -0.25) is 4.79 Å². The van der Waals surface area contributed by atoms with Crippen LogP contribution in [0, 0.1) is 0 Å². The van der Waals surface area contributed by atoms with Crippen molar-refractivity contribution in [2.24, 2.45) is 0 Å². The SMILES string of the molecule is CC(C)n1cc(CCCN(C)C)ccc1=O. The second kappa shape index (κ2) is 5.85. The van der Waals surface area contributed by atoms with E-state index in [0.717, 1.165) is 19.4 Å². The van der Waals surface area contributed by atoms with Crippen LogP contribution < -0.4 is 5.56 Å². The van der Waals surface area contributed by atoms with E-state index >= 15 is 0 Å². The van der Waals surface area contributed by atoms with Crippen molar-refractivity contribution in [3.8, 4) is 0 Å². The van der Waals surface area contributed by atoms with Gasteiger partial charge in [0.1, 0.15) is 0 Å². The smallest absolute Gasteiger partial charge is 0.250 e. The van der Waals surface area contributed by atoms with Gasteiger partial charge in [-0.2, -0.15) is 0 Å². The second-order valence-corrected chi connectivity index (χ2v) is 4.78. The minimum Gasteiger partial charge on any atom is -0.313 e. The molecule has 0 bridgehead atoms. The Morgan fingerprint density at radius 3 is 2.56 bits per heavy atom. The van der Waals surface area contributed by atoms with Crippen LogP contribution in [0.3, 0.4) is 0 Å². The molecule has 0 spiro atoms. The van der Waals surface area contributed by atoms with Gasteiger partial charge in [-0.15, -0.1) is 0 Å². The Morgan fingerprint density at radius 2 is 2.00 bits per heavy atom. The highest BCUT2D eigenvalue weighted by Gasteiger charge is 2.02. The Morgan fingerprint density at radius 1 is 1.31 bits per heavy atom. The van der Waals surface area contributed by atoms with Crippen LogP contribution >= 0.6 is 0 Å². The predicted molar refractivity (Wildman–Crippen MR) is 68.0 cm³/mol. The van der Waals surface area contributed by atoms with Crippen molar-refractivity contribution in [3.63, 3.8) is 0 Å². The molecule has 0 fully saturated rings. The highest BCUT2D eigenvalue weighted by atomic mass is 16.1. The largest absolute Gasteiger partial charge is 0.313 e. The van der Waals surface area contributed by atoms with E-state index < -0.39 is 0 Å². The molecule has 0 amide bonds. The molecule has 3 nitrogen and oxygen atoms in total. The van der Waals surface area contributed by atoms with Crippen LogP contribution in [0.1, 0.15) is 31.9 Å². The molecule has 0 aliphatic carbocycles. The molecular weight excluding hydrogens is 200 g/mol. The summed E-state index contributed by atoms with van der Waals surface area (Å²) in [6.07, 6.45) is 4.15. The summed E-state index contributed by atoms with van der Waals surface area (Å²) in [5.41, 5.74) is 1.33. The summed E-state index contributed by atoms with van der Waals surface area (Å²) in [6, 6.07) is 3.85. The Labute approximate surface area is 97.7 Å². The van der Waals surface area contributed by atoms with Crippen molar-refractivity contribution in [2.75, 3.05) is 20.6 Å². The van der Waals surface area contributed by atoms with Gasteiger partial charge < -0.3 is 9.47 Å². The first kappa shape index (κ1) is 13.0. The van der Waals surface area contributed by atoms with Crippen molar-refractivity contribution in [2.45, 2.75) is 32.7 Å². The van der Waals surface area contributed by atoms with E-state index in [1.807, 2.05) is 26.1 Å². The molecule has 0 saturated carbocycles. The van der Waals surface area contributed by atoms with E-state index in [1.165, 1.54) is 5.56 Å². The zero-order chi connectivity index (χ0) is 12.1. The number of hydrogen-bond donors (Lipinski definition) is 0. The topological polar surface area (TPSA) is 25.2 Å². The molecule has 0 aliphatic rings. The van der Waals surface area contributed by atoms with E-state index in [-0.39, 0.29) is 11.6 Å². The number of hydrogen-bond acceptors (Lipinski definition) is 2. The molecule has 3 heteroatoms. The zero-order valence-electron chi connectivity index (χ0n) is 10.7. The van der Waals surface area contributed by atoms with Crippen molar-refractivity contribution >= 4 is 0 Å². The van der Waals surface area contributed by atoms with Crippen LogP contribution in [0.5, 0.6) is 0 Å². The summed E-state index contributed by atoms with van der Waals surface area (Å²) in [5, 5.41) is 0. The van der Waals surface area contributed by atoms with Crippen LogP contribution in [0.15, 0.2) is 23.1 Å². The van der Waals surface area contributed by atoms with Gasteiger partial charge in [-0.25, -0.2) is 0 Å². The van der Waals surface area contributed by atoms with E-state index in [4.69, 9.17) is 0 Å². The molecule has 0 atom stereocenters. The summed E-state index contributed by atoms with van der Waals surface area (Å²) >= 11 is 0. The molecule has 0 radical (unpaired) electrons. The number of pyridine rings is 1. The first-order valence-electron chi connectivity index (χ1n) is 5.86. The van der Waals surface area contributed by atoms with Crippen molar-refractivity contribution in [1.29, 1.82) is 0 Å². The summed E-state index contributed by atoms with van der Waals surface area (Å²) < 4.78 is 1.80. The number of aromatic nitrogens is 1. The average molecular weight is 222 g/mol. The second-order valence-electron chi connectivity index (χ2n) is 4.78. The van der Waals surface area contributed by atoms with Crippen molar-refractivity contribution in [1.82, 2.24) is 9.47 Å². The normalized spacial score (nSPS) is 11.4. The lowest BCUT2D eigenvalue weighted by Crippen LogP contribution is -2.21. The van der Waals surface area contributed by atoms with E-state index in [0.29, 0.717) is 0 Å². The maximum atomic E-state index is 11.5. The van der Waals surface area contributed by atoms with Gasteiger partial charge in [-0.05, 0) is 52.9 Å². The summed E-state index contributed by atoms with van der Waals surface area (Å²) in [4.78, 5) is 13.7. The quantitative estimate of drug-likeness (QED) is 0.760. The Balaban J connectivity index is 2.68. The fourth-order valence-corrected chi connectivity index (χ4v) is 1.70. The van der Waals surface area contributed by atoms with Gasteiger partial charge in [0, 0.05) is 18.3 Å². The van der Waals surface area contributed by atoms with Gasteiger partial charge in [0.2, 0.25) is 0 Å². The third kappa shape index (κ3) is 3.81. The molecule has 0 saturated heterocycles. The van der Waals surface area contributed by atoms with E-state index in [1.54, 1.807) is 10.6 Å². The van der Waals surface area contributed by atoms with Crippen LogP contribution in [0.2, 0.25) is 0 Å². The third-order valence-electron chi connectivity index (χ3n) is 2.63. The van der Waals surface area contributed by atoms with Crippen LogP contribution in [-0.2, 0) is 6.42 Å². The first-order chi connectivity index (χ1) is 7.50. The van der Waals surface area contributed by atoms with Crippen molar-refractivity contribution in [3.05, 3.63) is 34.2 Å². The highest BCUT2D eigenvalue weighted by Crippen LogP contribution is 2.05. The summed E-state index contributed by atoms with van der Waals surface area (Å²) in [7, 11) is 4.16. The molecular formula is C13H22N2O. The Hall–Kier alpha value is -1.09. The van der Waals surface area contributed by atoms with Crippen LogP contribution in [0.25, 0.3) is 0 Å². The zero-order valence-corrected chi connectivity index (χ0v) is 10.7. The molecule has 1 aromatic rings. The molecule has 0 aromatic carbocycles. The van der Waals surface area contributed by atoms with Crippen LogP contribution in [0.4, 0.5) is 0 Å². The predicted octanol–water partition coefficient (Wildman–Crippen LogP) is 1.92. The average Bonchev–Trinajstić information content (AvgIpc) is 2.19. The van der Waals surface area contributed by atoms with Gasteiger partial charge in [0.25, 0.3) is 5.56 Å². The van der Waals surface area contributed by atoms with Gasteiger partial charge in [0.05, 0.1) is 0 Å². The molecule has 0 N–H and O–H groups in total. The maximum Gasteiger partial charge on any atom is 0.250 e. The number of rotatable bonds is 5. The minimum absolute atomic E-state index is 0.0892. The molecule has 0 unspecified atom stereocenters. The third-order valence-corrected chi connectivity index (χ3v) is 2.63. The lowest BCUT2D eigenvalue weighted by Gasteiger charge is -2.12. The molecule has 1 aromatic heterocycles. The van der Waals surface area contributed by atoms with Gasteiger partial charge in [0.15, 0.2) is 0 Å². The molecule has 16 heavy (non-hydrogen) atoms. The van der Waals surface area contributed by atoms with Gasteiger partial charge in [-0.1, -0.05) is 6.07 Å². The first-order valence-corrected chi connectivity index (χ1v) is 5.86. The van der Waals surface area contributed by atoms with E-state index in [2.05, 4.69) is 19.0 Å². The maximum absolute atomic E-state index is 11.5. The highest BCUT2D eigenvalue weighted by molar-refractivity contribution is 5.10. The minimum atomic E-state index is 0.0892. The standard InChI is InChI=1S/C13H22N2O/c1-11(2)15-10-12(7-8-13(15)16)6-5-9-14(3)4/h7-8,10-11H,5-6,9H2,1-4H3. The number of nitrogens with zero attached hydrogens (tertiary/aromatic N) is 2. The fraction of sp³-hybridized carbons (Fsp3) is 0.615. The molecule has 1 heterocycles. The van der Waals surface area contributed by atoms with Crippen LogP contribution in [-0.4, -0.2) is 30.1 Å². The monoisotopic (exact) mass is 222 g/mol. The molecule has 90 valence electrons. The van der Waals surface area contributed by atoms with Gasteiger partial charge >= 0.3 is 0 Å². The summed E-state index contributed by atoms with van der Waals surface area (Å²) in [5.74, 6) is 0. The van der Waals surface area contributed by atoms with Crippen molar-refractivity contribution < 1.29 is 0 Å². The lowest BCUT2D eigenvalue weighted by atomic mass is 10.1. The Bertz CT molecular complexity index is 380. The summed E-state index contributed by atoms with van der Waals surface area (Å²) in [6.45, 7) is 5.15. The van der Waals surface area contributed by atoms with E-state index in [9.17, 15) is 4.79 Å². The fourth-order valence-electron chi connectivity index (χ4n) is 1.70. The molecule has 1 rings (SSSR count).